The van der Waals surface area contributed by atoms with Crippen LogP contribution in [0, 0.1) is 5.82 Å². The van der Waals surface area contributed by atoms with E-state index in [4.69, 9.17) is 0 Å². The SMILES string of the molecule is Oc1c2c(nn1-c1ccc(F)cc1)CCNC2. The van der Waals surface area contributed by atoms with Crippen LogP contribution in [0.1, 0.15) is 11.3 Å². The molecule has 0 spiro atoms. The lowest BCUT2D eigenvalue weighted by Gasteiger charge is -2.10. The summed E-state index contributed by atoms with van der Waals surface area (Å²) in [5.74, 6) is -0.161. The van der Waals surface area contributed by atoms with Gasteiger partial charge in [0.15, 0.2) is 0 Å². The molecule has 1 aliphatic heterocycles. The summed E-state index contributed by atoms with van der Waals surface area (Å²) in [6.45, 7) is 1.50. The van der Waals surface area contributed by atoms with Gasteiger partial charge in [0.05, 0.1) is 16.9 Å². The zero-order chi connectivity index (χ0) is 11.8. The van der Waals surface area contributed by atoms with Gasteiger partial charge in [-0.25, -0.2) is 9.07 Å². The van der Waals surface area contributed by atoms with Crippen molar-refractivity contribution < 1.29 is 9.50 Å². The summed E-state index contributed by atoms with van der Waals surface area (Å²) in [4.78, 5) is 0. The fourth-order valence-electron chi connectivity index (χ4n) is 2.05. The topological polar surface area (TPSA) is 50.1 Å². The van der Waals surface area contributed by atoms with Crippen molar-refractivity contribution in [2.45, 2.75) is 13.0 Å². The highest BCUT2D eigenvalue weighted by atomic mass is 19.1. The van der Waals surface area contributed by atoms with Gasteiger partial charge >= 0.3 is 0 Å². The van der Waals surface area contributed by atoms with Crippen LogP contribution < -0.4 is 5.32 Å². The minimum absolute atomic E-state index is 0.138. The second-order valence-electron chi connectivity index (χ2n) is 4.06. The second kappa shape index (κ2) is 3.85. The lowest BCUT2D eigenvalue weighted by Crippen LogP contribution is -2.22. The highest BCUT2D eigenvalue weighted by Crippen LogP contribution is 2.26. The Hall–Kier alpha value is -1.88. The van der Waals surface area contributed by atoms with E-state index in [1.54, 1.807) is 12.1 Å². The molecule has 0 radical (unpaired) electrons. The van der Waals surface area contributed by atoms with Gasteiger partial charge in [-0.05, 0) is 24.3 Å². The number of fused-ring (bicyclic) bond motifs is 1. The molecule has 3 rings (SSSR count). The van der Waals surface area contributed by atoms with Crippen LogP contribution in [0.4, 0.5) is 4.39 Å². The predicted molar refractivity (Wildman–Crippen MR) is 60.6 cm³/mol. The van der Waals surface area contributed by atoms with Crippen LogP contribution in [0.2, 0.25) is 0 Å². The van der Waals surface area contributed by atoms with Crippen LogP contribution in [-0.4, -0.2) is 21.4 Å². The van der Waals surface area contributed by atoms with E-state index in [1.165, 1.54) is 16.8 Å². The number of nitrogens with one attached hydrogen (secondary N) is 1. The molecule has 0 amide bonds. The average molecular weight is 233 g/mol. The third-order valence-electron chi connectivity index (χ3n) is 2.95. The van der Waals surface area contributed by atoms with Crippen molar-refractivity contribution >= 4 is 0 Å². The maximum absolute atomic E-state index is 12.8. The molecule has 5 heteroatoms. The molecule has 0 bridgehead atoms. The highest BCUT2D eigenvalue weighted by molar-refractivity contribution is 5.41. The molecule has 0 unspecified atom stereocenters. The number of hydrogen-bond acceptors (Lipinski definition) is 3. The monoisotopic (exact) mass is 233 g/mol. The number of aromatic nitrogens is 2. The Morgan fingerprint density at radius 2 is 2.06 bits per heavy atom. The van der Waals surface area contributed by atoms with Crippen molar-refractivity contribution in [1.29, 1.82) is 0 Å². The average Bonchev–Trinajstić information content (AvgIpc) is 2.69. The first-order valence-electron chi connectivity index (χ1n) is 5.52. The zero-order valence-electron chi connectivity index (χ0n) is 9.15. The summed E-state index contributed by atoms with van der Waals surface area (Å²) in [5, 5.41) is 17.6. The van der Waals surface area contributed by atoms with E-state index in [-0.39, 0.29) is 11.7 Å². The normalized spacial score (nSPS) is 14.6. The Kier molecular flexibility index (Phi) is 2.33. The van der Waals surface area contributed by atoms with Crippen LogP contribution in [-0.2, 0) is 13.0 Å². The number of nitrogens with zero attached hydrogens (tertiary/aromatic N) is 2. The molecular weight excluding hydrogens is 221 g/mol. The number of rotatable bonds is 1. The van der Waals surface area contributed by atoms with Gasteiger partial charge in [0.25, 0.3) is 0 Å². The Morgan fingerprint density at radius 1 is 1.29 bits per heavy atom. The Balaban J connectivity index is 2.09. The molecule has 17 heavy (non-hydrogen) atoms. The largest absolute Gasteiger partial charge is 0.493 e. The van der Waals surface area contributed by atoms with Crippen LogP contribution in [0.15, 0.2) is 24.3 Å². The fraction of sp³-hybridized carbons (Fsp3) is 0.250. The van der Waals surface area contributed by atoms with Gasteiger partial charge in [0, 0.05) is 19.5 Å². The molecule has 0 saturated heterocycles. The van der Waals surface area contributed by atoms with E-state index in [2.05, 4.69) is 10.4 Å². The van der Waals surface area contributed by atoms with Crippen molar-refractivity contribution in [2.75, 3.05) is 6.54 Å². The molecule has 2 aromatic rings. The Bertz CT molecular complexity index is 548. The Morgan fingerprint density at radius 3 is 2.76 bits per heavy atom. The zero-order valence-corrected chi connectivity index (χ0v) is 9.15. The molecule has 4 nitrogen and oxygen atoms in total. The summed E-state index contributed by atoms with van der Waals surface area (Å²) in [6, 6.07) is 5.91. The quantitative estimate of drug-likeness (QED) is 0.782. The summed E-state index contributed by atoms with van der Waals surface area (Å²) in [5.41, 5.74) is 2.41. The Labute approximate surface area is 97.7 Å². The van der Waals surface area contributed by atoms with Crippen molar-refractivity contribution in [1.82, 2.24) is 15.1 Å². The molecule has 1 aromatic heterocycles. The van der Waals surface area contributed by atoms with E-state index in [1.807, 2.05) is 0 Å². The molecule has 2 heterocycles. The summed E-state index contributed by atoms with van der Waals surface area (Å²) in [6.07, 6.45) is 0.803. The van der Waals surface area contributed by atoms with E-state index >= 15 is 0 Å². The maximum Gasteiger partial charge on any atom is 0.219 e. The summed E-state index contributed by atoms with van der Waals surface area (Å²) in [7, 11) is 0. The lowest BCUT2D eigenvalue weighted by molar-refractivity contribution is 0.425. The van der Waals surface area contributed by atoms with Crippen molar-refractivity contribution in [2.24, 2.45) is 0 Å². The van der Waals surface area contributed by atoms with E-state index < -0.39 is 0 Å². The van der Waals surface area contributed by atoms with Crippen LogP contribution in [0.25, 0.3) is 5.69 Å². The third kappa shape index (κ3) is 1.68. The first kappa shape index (κ1) is 10.3. The van der Waals surface area contributed by atoms with Crippen molar-refractivity contribution in [3.63, 3.8) is 0 Å². The predicted octanol–water partition coefficient (Wildman–Crippen LogP) is 1.36. The minimum atomic E-state index is -0.299. The minimum Gasteiger partial charge on any atom is -0.493 e. The molecule has 1 aliphatic rings. The van der Waals surface area contributed by atoms with Gasteiger partial charge in [-0.3, -0.25) is 0 Å². The molecular formula is C12H12FN3O. The van der Waals surface area contributed by atoms with Crippen molar-refractivity contribution in [3.05, 3.63) is 41.3 Å². The van der Waals surface area contributed by atoms with Crippen LogP contribution in [0.3, 0.4) is 0 Å². The van der Waals surface area contributed by atoms with Gasteiger partial charge in [-0.1, -0.05) is 0 Å². The maximum atomic E-state index is 12.8. The second-order valence-corrected chi connectivity index (χ2v) is 4.06. The summed E-state index contributed by atoms with van der Waals surface area (Å²) >= 11 is 0. The van der Waals surface area contributed by atoms with E-state index in [0.29, 0.717) is 12.2 Å². The van der Waals surface area contributed by atoms with E-state index in [0.717, 1.165) is 24.2 Å². The smallest absolute Gasteiger partial charge is 0.219 e. The molecule has 2 N–H and O–H groups in total. The van der Waals surface area contributed by atoms with Gasteiger partial charge in [-0.15, -0.1) is 0 Å². The van der Waals surface area contributed by atoms with Crippen molar-refractivity contribution in [3.8, 4) is 11.6 Å². The first-order valence-corrected chi connectivity index (χ1v) is 5.52. The molecule has 0 atom stereocenters. The first-order chi connectivity index (χ1) is 8.25. The fourth-order valence-corrected chi connectivity index (χ4v) is 2.05. The molecule has 1 aromatic carbocycles. The number of benzene rings is 1. The van der Waals surface area contributed by atoms with Crippen LogP contribution >= 0.6 is 0 Å². The number of halogens is 1. The number of hydrogen-bond donors (Lipinski definition) is 2. The third-order valence-corrected chi connectivity index (χ3v) is 2.95. The summed E-state index contributed by atoms with van der Waals surface area (Å²) < 4.78 is 14.3. The van der Waals surface area contributed by atoms with Gasteiger partial charge in [0.2, 0.25) is 5.88 Å². The van der Waals surface area contributed by atoms with Crippen LogP contribution in [0.5, 0.6) is 5.88 Å². The lowest BCUT2D eigenvalue weighted by atomic mass is 10.1. The molecule has 0 fully saturated rings. The standard InChI is InChI=1S/C12H12FN3O/c13-8-1-3-9(4-2-8)16-12(17)10-7-14-6-5-11(10)15-16/h1-4,14,17H,5-7H2. The molecule has 0 saturated carbocycles. The van der Waals surface area contributed by atoms with Gasteiger partial charge in [-0.2, -0.15) is 5.10 Å². The van der Waals surface area contributed by atoms with E-state index in [9.17, 15) is 9.50 Å². The van der Waals surface area contributed by atoms with Gasteiger partial charge < -0.3 is 10.4 Å². The molecule has 0 aliphatic carbocycles. The van der Waals surface area contributed by atoms with Gasteiger partial charge in [0.1, 0.15) is 5.82 Å². The highest BCUT2D eigenvalue weighted by Gasteiger charge is 2.20. The molecule has 88 valence electrons. The number of aromatic hydroxyl groups is 1.